The van der Waals surface area contributed by atoms with Gasteiger partial charge < -0.3 is 4.42 Å². The summed E-state index contributed by atoms with van der Waals surface area (Å²) >= 11 is 0. The summed E-state index contributed by atoms with van der Waals surface area (Å²) in [7, 11) is 0. The average Bonchev–Trinajstić information content (AvgIpc) is 3.60. The zero-order chi connectivity index (χ0) is 34.9. The first-order chi connectivity index (χ1) is 26.2. The van der Waals surface area contributed by atoms with E-state index in [-0.39, 0.29) is 0 Å². The molecule has 0 saturated heterocycles. The van der Waals surface area contributed by atoms with Gasteiger partial charge in [-0.3, -0.25) is 0 Å². The van der Waals surface area contributed by atoms with Crippen molar-refractivity contribution in [2.45, 2.75) is 0 Å². The molecule has 0 aliphatic carbocycles. The van der Waals surface area contributed by atoms with E-state index in [1.165, 1.54) is 43.4 Å². The van der Waals surface area contributed by atoms with E-state index in [1.54, 1.807) is 0 Å². The predicted molar refractivity (Wildman–Crippen MR) is 221 cm³/mol. The third-order valence-electron chi connectivity index (χ3n) is 10.6. The summed E-state index contributed by atoms with van der Waals surface area (Å²) in [5.41, 5.74) is 8.83. The fraction of sp³-hybridized carbons (Fsp3) is 0. The average molecular weight is 675 g/mol. The van der Waals surface area contributed by atoms with E-state index < -0.39 is 0 Å². The van der Waals surface area contributed by atoms with Gasteiger partial charge in [-0.15, -0.1) is 0 Å². The van der Waals surface area contributed by atoms with Gasteiger partial charge in [-0.05, 0) is 95.7 Å². The van der Waals surface area contributed by atoms with Crippen molar-refractivity contribution < 1.29 is 4.42 Å². The van der Waals surface area contributed by atoms with E-state index in [0.29, 0.717) is 11.5 Å². The van der Waals surface area contributed by atoms with Crippen LogP contribution in [0, 0.1) is 0 Å². The summed E-state index contributed by atoms with van der Waals surface area (Å²) in [6, 6.07) is 64.8. The summed E-state index contributed by atoms with van der Waals surface area (Å²) in [5, 5.41) is 11.9. The Morgan fingerprint density at radius 1 is 0.321 bits per heavy atom. The van der Waals surface area contributed by atoms with Crippen LogP contribution < -0.4 is 0 Å². The molecule has 11 rings (SSSR count). The Balaban J connectivity index is 1.07. The van der Waals surface area contributed by atoms with Crippen LogP contribution in [0.2, 0.25) is 0 Å². The highest BCUT2D eigenvalue weighted by molar-refractivity contribution is 6.25. The summed E-state index contributed by atoms with van der Waals surface area (Å²) in [4.78, 5) is 10.2. The second-order valence-corrected chi connectivity index (χ2v) is 13.8. The number of benzene rings is 9. The molecule has 0 bridgehead atoms. The standard InChI is InChI=1S/C50H30N2O/c1-2-12-31(13-3-1)49-51-48(47-45-29-35-14-4-5-15-36(35)30-46(45)53-50(47)52-49)38-19-11-18-34(27-38)32-16-10-17-33(26-32)37-24-25-43-41-22-7-6-20-39(41)40-21-8-9-23-42(40)44(43)28-37/h1-30H. The third-order valence-corrected chi connectivity index (χ3v) is 10.6. The Labute approximate surface area is 305 Å². The maximum atomic E-state index is 6.49. The minimum Gasteiger partial charge on any atom is -0.438 e. The van der Waals surface area contributed by atoms with Crippen LogP contribution in [-0.2, 0) is 0 Å². The molecule has 53 heavy (non-hydrogen) atoms. The first-order valence-electron chi connectivity index (χ1n) is 18.0. The first-order valence-corrected chi connectivity index (χ1v) is 18.0. The van der Waals surface area contributed by atoms with Gasteiger partial charge in [-0.25, -0.2) is 4.98 Å². The lowest BCUT2D eigenvalue weighted by Crippen LogP contribution is -1.94. The zero-order valence-corrected chi connectivity index (χ0v) is 28.6. The van der Waals surface area contributed by atoms with Gasteiger partial charge in [0.15, 0.2) is 5.82 Å². The molecule has 2 aromatic heterocycles. The van der Waals surface area contributed by atoms with Crippen LogP contribution >= 0.6 is 0 Å². The summed E-state index contributed by atoms with van der Waals surface area (Å²) in [6.45, 7) is 0. The molecule has 3 heteroatoms. The Morgan fingerprint density at radius 3 is 1.51 bits per heavy atom. The monoisotopic (exact) mass is 674 g/mol. The highest BCUT2D eigenvalue weighted by Crippen LogP contribution is 2.40. The van der Waals surface area contributed by atoms with Crippen LogP contribution in [0.3, 0.4) is 0 Å². The van der Waals surface area contributed by atoms with E-state index in [2.05, 4.69) is 152 Å². The topological polar surface area (TPSA) is 38.9 Å². The third kappa shape index (κ3) is 4.82. The van der Waals surface area contributed by atoms with Gasteiger partial charge in [-0.1, -0.05) is 152 Å². The number of hydrogen-bond acceptors (Lipinski definition) is 3. The second-order valence-electron chi connectivity index (χ2n) is 13.8. The van der Waals surface area contributed by atoms with Crippen molar-refractivity contribution >= 4 is 65.2 Å². The zero-order valence-electron chi connectivity index (χ0n) is 28.6. The molecular weight excluding hydrogens is 645 g/mol. The molecule has 0 radical (unpaired) electrons. The molecule has 0 saturated carbocycles. The lowest BCUT2D eigenvalue weighted by Gasteiger charge is -2.13. The number of furan rings is 1. The van der Waals surface area contributed by atoms with E-state index >= 15 is 0 Å². The molecule has 0 aliphatic rings. The fourth-order valence-corrected chi connectivity index (χ4v) is 8.10. The molecule has 2 heterocycles. The number of hydrogen-bond donors (Lipinski definition) is 0. The van der Waals surface area contributed by atoms with Crippen LogP contribution in [0.1, 0.15) is 0 Å². The molecular formula is C50H30N2O. The van der Waals surface area contributed by atoms with Crippen molar-refractivity contribution in [2.75, 3.05) is 0 Å². The molecule has 11 aromatic rings. The Bertz CT molecular complexity index is 3200. The Hall–Kier alpha value is -7.10. The Morgan fingerprint density at radius 2 is 0.830 bits per heavy atom. The number of fused-ring (bicyclic) bond motifs is 10. The van der Waals surface area contributed by atoms with E-state index in [4.69, 9.17) is 14.4 Å². The van der Waals surface area contributed by atoms with E-state index in [9.17, 15) is 0 Å². The van der Waals surface area contributed by atoms with Gasteiger partial charge in [0.1, 0.15) is 5.58 Å². The van der Waals surface area contributed by atoms with Crippen molar-refractivity contribution in [1.82, 2.24) is 9.97 Å². The highest BCUT2D eigenvalue weighted by atomic mass is 16.3. The van der Waals surface area contributed by atoms with Crippen LogP contribution in [0.5, 0.6) is 0 Å². The van der Waals surface area contributed by atoms with Crippen LogP contribution in [0.4, 0.5) is 0 Å². The molecule has 0 fully saturated rings. The van der Waals surface area contributed by atoms with Gasteiger partial charge >= 0.3 is 0 Å². The van der Waals surface area contributed by atoms with Crippen molar-refractivity contribution in [1.29, 1.82) is 0 Å². The van der Waals surface area contributed by atoms with Crippen LogP contribution in [0.25, 0.3) is 110 Å². The quantitative estimate of drug-likeness (QED) is 0.174. The molecule has 0 N–H and O–H groups in total. The summed E-state index contributed by atoms with van der Waals surface area (Å²) < 4.78 is 6.49. The van der Waals surface area contributed by atoms with Gasteiger partial charge in [0, 0.05) is 16.5 Å². The maximum Gasteiger partial charge on any atom is 0.231 e. The van der Waals surface area contributed by atoms with Gasteiger partial charge in [0.25, 0.3) is 0 Å². The smallest absolute Gasteiger partial charge is 0.231 e. The maximum absolute atomic E-state index is 6.49. The predicted octanol–water partition coefficient (Wildman–Crippen LogP) is 13.7. The van der Waals surface area contributed by atoms with Gasteiger partial charge in [0.2, 0.25) is 5.71 Å². The largest absolute Gasteiger partial charge is 0.438 e. The fourth-order valence-electron chi connectivity index (χ4n) is 8.10. The number of nitrogens with zero attached hydrogens (tertiary/aromatic N) is 2. The van der Waals surface area contributed by atoms with E-state index in [1.807, 2.05) is 30.3 Å². The van der Waals surface area contributed by atoms with Gasteiger partial charge in [-0.2, -0.15) is 4.98 Å². The van der Waals surface area contributed by atoms with Crippen molar-refractivity contribution in [3.05, 3.63) is 182 Å². The molecule has 0 atom stereocenters. The van der Waals surface area contributed by atoms with Crippen LogP contribution in [-0.4, -0.2) is 9.97 Å². The molecule has 9 aromatic carbocycles. The lowest BCUT2D eigenvalue weighted by molar-refractivity contribution is 0.654. The van der Waals surface area contributed by atoms with Crippen LogP contribution in [0.15, 0.2) is 186 Å². The van der Waals surface area contributed by atoms with Crippen molar-refractivity contribution in [3.8, 4) is 44.9 Å². The Kier molecular flexibility index (Phi) is 6.55. The summed E-state index contributed by atoms with van der Waals surface area (Å²) in [5.74, 6) is 0.640. The van der Waals surface area contributed by atoms with Crippen molar-refractivity contribution in [2.24, 2.45) is 0 Å². The SMILES string of the molecule is c1ccc(-c2nc(-c3cccc(-c4cccc(-c5ccc6c7ccccc7c7ccccc7c6c5)c4)c3)c3c(n2)oc2cc4ccccc4cc23)cc1. The minimum atomic E-state index is 0.586. The molecule has 0 unspecified atom stereocenters. The lowest BCUT2D eigenvalue weighted by atomic mass is 9.91. The normalized spacial score (nSPS) is 11.8. The van der Waals surface area contributed by atoms with E-state index in [0.717, 1.165) is 55.1 Å². The van der Waals surface area contributed by atoms with Gasteiger partial charge in [0.05, 0.1) is 11.1 Å². The second kappa shape index (κ2) is 11.7. The van der Waals surface area contributed by atoms with Crippen molar-refractivity contribution in [3.63, 3.8) is 0 Å². The minimum absolute atomic E-state index is 0.586. The first kappa shape index (κ1) is 29.6. The molecule has 246 valence electrons. The molecule has 3 nitrogen and oxygen atoms in total. The number of aromatic nitrogens is 2. The highest BCUT2D eigenvalue weighted by Gasteiger charge is 2.19. The molecule has 0 amide bonds. The summed E-state index contributed by atoms with van der Waals surface area (Å²) in [6.07, 6.45) is 0. The number of rotatable bonds is 4. The molecule has 0 aliphatic heterocycles. The molecule has 0 spiro atoms.